The van der Waals surface area contributed by atoms with Crippen LogP contribution in [0.4, 0.5) is 0 Å². The summed E-state index contributed by atoms with van der Waals surface area (Å²) < 4.78 is 0. The van der Waals surface area contributed by atoms with E-state index in [4.69, 9.17) is 11.6 Å². The van der Waals surface area contributed by atoms with Crippen molar-refractivity contribution in [2.24, 2.45) is 4.99 Å². The molecule has 0 spiro atoms. The fourth-order valence-corrected chi connectivity index (χ4v) is 3.06. The van der Waals surface area contributed by atoms with Gasteiger partial charge in [-0.3, -0.25) is 14.7 Å². The molecule has 19 heavy (non-hydrogen) atoms. The molecule has 1 saturated heterocycles. The third kappa shape index (κ3) is 3.01. The summed E-state index contributed by atoms with van der Waals surface area (Å²) >= 11 is 7.52. The van der Waals surface area contributed by atoms with Gasteiger partial charge in [0.25, 0.3) is 5.91 Å². The van der Waals surface area contributed by atoms with Gasteiger partial charge in [-0.2, -0.15) is 0 Å². The van der Waals surface area contributed by atoms with Gasteiger partial charge in [0, 0.05) is 18.1 Å². The van der Waals surface area contributed by atoms with Crippen LogP contribution in [-0.2, 0) is 4.79 Å². The first kappa shape index (κ1) is 14.2. The molecule has 0 aliphatic carbocycles. The van der Waals surface area contributed by atoms with Gasteiger partial charge in [0.2, 0.25) is 0 Å². The van der Waals surface area contributed by atoms with Gasteiger partial charge < -0.3 is 0 Å². The second-order valence-corrected chi connectivity index (χ2v) is 5.35. The third-order valence-corrected chi connectivity index (χ3v) is 4.08. The minimum absolute atomic E-state index is 0.000352. The molecule has 0 aromatic heterocycles. The molecule has 1 aromatic rings. The third-order valence-electron chi connectivity index (χ3n) is 2.69. The van der Waals surface area contributed by atoms with Crippen molar-refractivity contribution in [1.82, 2.24) is 4.90 Å². The van der Waals surface area contributed by atoms with Crippen LogP contribution in [0, 0.1) is 0 Å². The van der Waals surface area contributed by atoms with Gasteiger partial charge in [-0.05, 0) is 43.3 Å². The van der Waals surface area contributed by atoms with E-state index < -0.39 is 0 Å². The maximum atomic E-state index is 12.3. The molecule has 5 heteroatoms. The molecule has 1 amide bonds. The Balaban J connectivity index is 2.34. The number of rotatable bonds is 3. The number of likely N-dealkylation sites (N-methyl/N-ethyl adjacent to an activating group) is 1. The Morgan fingerprint density at radius 2 is 2.11 bits per heavy atom. The molecular weight excluding hydrogens is 280 g/mol. The van der Waals surface area contributed by atoms with Gasteiger partial charge in [-0.15, -0.1) is 0 Å². The summed E-state index contributed by atoms with van der Waals surface area (Å²) in [6, 6.07) is 7.49. The van der Waals surface area contributed by atoms with E-state index in [2.05, 4.69) is 4.99 Å². The second-order valence-electron chi connectivity index (χ2n) is 3.94. The molecule has 100 valence electrons. The molecule has 1 aromatic carbocycles. The number of benzene rings is 1. The van der Waals surface area contributed by atoms with Crippen LogP contribution in [0.1, 0.15) is 19.4 Å². The van der Waals surface area contributed by atoms with Crippen LogP contribution in [0.5, 0.6) is 0 Å². The highest BCUT2D eigenvalue weighted by Crippen LogP contribution is 2.33. The van der Waals surface area contributed by atoms with Gasteiger partial charge in [-0.25, -0.2) is 0 Å². The van der Waals surface area contributed by atoms with Crippen LogP contribution in [0.3, 0.4) is 0 Å². The number of amidine groups is 1. The molecule has 1 aliphatic rings. The van der Waals surface area contributed by atoms with Crippen LogP contribution < -0.4 is 0 Å². The van der Waals surface area contributed by atoms with E-state index in [1.54, 1.807) is 4.90 Å². The summed E-state index contributed by atoms with van der Waals surface area (Å²) in [5.74, 6) is -0.000352. The van der Waals surface area contributed by atoms with Crippen molar-refractivity contribution in [3.8, 4) is 0 Å². The number of hydrogen-bond donors (Lipinski definition) is 0. The summed E-state index contributed by atoms with van der Waals surface area (Å²) in [6.07, 6.45) is 1.83. The summed E-state index contributed by atoms with van der Waals surface area (Å²) in [5, 5.41) is 1.42. The summed E-state index contributed by atoms with van der Waals surface area (Å²) in [4.78, 5) is 19.0. The molecule has 1 aliphatic heterocycles. The van der Waals surface area contributed by atoms with Crippen molar-refractivity contribution in [3.05, 3.63) is 39.8 Å². The van der Waals surface area contributed by atoms with E-state index in [0.29, 0.717) is 23.0 Å². The molecule has 2 rings (SSSR count). The van der Waals surface area contributed by atoms with Crippen molar-refractivity contribution in [2.45, 2.75) is 13.8 Å². The summed E-state index contributed by atoms with van der Waals surface area (Å²) in [6.45, 7) is 5.21. The quantitative estimate of drug-likeness (QED) is 0.797. The maximum absolute atomic E-state index is 12.3. The Hall–Kier alpha value is -1.26. The smallest absolute Gasteiger partial charge is 0.266 e. The Kier molecular flexibility index (Phi) is 4.66. The number of aliphatic imine (C=N–C) groups is 1. The molecule has 3 nitrogen and oxygen atoms in total. The lowest BCUT2D eigenvalue weighted by atomic mass is 10.2. The van der Waals surface area contributed by atoms with Gasteiger partial charge in [0.05, 0.1) is 4.91 Å². The van der Waals surface area contributed by atoms with Crippen LogP contribution in [-0.4, -0.2) is 29.1 Å². The predicted octanol–water partition coefficient (Wildman–Crippen LogP) is 3.65. The van der Waals surface area contributed by atoms with Crippen molar-refractivity contribution < 1.29 is 4.79 Å². The molecule has 0 radical (unpaired) electrons. The Morgan fingerprint density at radius 1 is 1.37 bits per heavy atom. The molecule has 0 N–H and O–H groups in total. The van der Waals surface area contributed by atoms with E-state index in [1.165, 1.54) is 11.8 Å². The lowest BCUT2D eigenvalue weighted by Crippen LogP contribution is -2.28. The first-order chi connectivity index (χ1) is 9.17. The average molecular weight is 295 g/mol. The fourth-order valence-electron chi connectivity index (χ4n) is 1.77. The Labute approximate surface area is 122 Å². The van der Waals surface area contributed by atoms with E-state index >= 15 is 0 Å². The lowest BCUT2D eigenvalue weighted by Gasteiger charge is -2.11. The van der Waals surface area contributed by atoms with Crippen molar-refractivity contribution in [1.29, 1.82) is 0 Å². The second kappa shape index (κ2) is 6.26. The standard InChI is InChI=1S/C14H15ClN2OS/c1-3-16-14-17(4-2)13(18)12(19-14)9-10-7-5-6-8-11(10)15/h5-9H,3-4H2,1-2H3/b12-9-,16-14?. The molecule has 0 saturated carbocycles. The van der Waals surface area contributed by atoms with Gasteiger partial charge in [0.15, 0.2) is 5.17 Å². The number of carbonyl (C=O) groups is 1. The van der Waals surface area contributed by atoms with Gasteiger partial charge >= 0.3 is 0 Å². The average Bonchev–Trinajstić information content (AvgIpc) is 2.69. The zero-order valence-corrected chi connectivity index (χ0v) is 12.5. The zero-order chi connectivity index (χ0) is 13.8. The first-order valence-corrected chi connectivity index (χ1v) is 7.37. The highest BCUT2D eigenvalue weighted by molar-refractivity contribution is 8.18. The molecular formula is C14H15ClN2OS. The minimum atomic E-state index is -0.000352. The van der Waals surface area contributed by atoms with Crippen LogP contribution in [0.15, 0.2) is 34.2 Å². The van der Waals surface area contributed by atoms with Crippen LogP contribution in [0.25, 0.3) is 6.08 Å². The predicted molar refractivity (Wildman–Crippen MR) is 82.4 cm³/mol. The number of amides is 1. The van der Waals surface area contributed by atoms with Crippen LogP contribution in [0.2, 0.25) is 5.02 Å². The lowest BCUT2D eigenvalue weighted by molar-refractivity contribution is -0.122. The monoisotopic (exact) mass is 294 g/mol. The maximum Gasteiger partial charge on any atom is 0.266 e. The normalized spacial score (nSPS) is 19.7. The number of nitrogens with zero attached hydrogens (tertiary/aromatic N) is 2. The Bertz CT molecular complexity index is 554. The highest BCUT2D eigenvalue weighted by Gasteiger charge is 2.31. The van der Waals surface area contributed by atoms with E-state index in [0.717, 1.165) is 10.7 Å². The molecule has 1 heterocycles. The van der Waals surface area contributed by atoms with Gasteiger partial charge in [-0.1, -0.05) is 29.8 Å². The van der Waals surface area contributed by atoms with Gasteiger partial charge in [0.1, 0.15) is 0 Å². The highest BCUT2D eigenvalue weighted by atomic mass is 35.5. The zero-order valence-electron chi connectivity index (χ0n) is 10.9. The number of carbonyl (C=O) groups excluding carboxylic acids is 1. The van der Waals surface area contributed by atoms with E-state index in [-0.39, 0.29) is 5.91 Å². The van der Waals surface area contributed by atoms with Crippen LogP contribution >= 0.6 is 23.4 Å². The number of halogens is 1. The van der Waals surface area contributed by atoms with E-state index in [9.17, 15) is 4.79 Å². The molecule has 1 fully saturated rings. The minimum Gasteiger partial charge on any atom is -0.287 e. The summed E-state index contributed by atoms with van der Waals surface area (Å²) in [7, 11) is 0. The van der Waals surface area contributed by atoms with E-state index in [1.807, 2.05) is 44.2 Å². The fraction of sp³-hybridized carbons (Fsp3) is 0.286. The van der Waals surface area contributed by atoms with Crippen molar-refractivity contribution in [3.63, 3.8) is 0 Å². The first-order valence-electron chi connectivity index (χ1n) is 6.17. The van der Waals surface area contributed by atoms with Crippen molar-refractivity contribution >= 4 is 40.5 Å². The molecule has 0 unspecified atom stereocenters. The molecule has 0 atom stereocenters. The molecule has 0 bridgehead atoms. The Morgan fingerprint density at radius 3 is 2.74 bits per heavy atom. The topological polar surface area (TPSA) is 32.7 Å². The SMILES string of the molecule is CCN=C1S/C(=C\c2ccccc2Cl)C(=O)N1CC. The largest absolute Gasteiger partial charge is 0.287 e. The number of thioether (sulfide) groups is 1. The van der Waals surface area contributed by atoms with Crippen molar-refractivity contribution in [2.75, 3.05) is 13.1 Å². The summed E-state index contributed by atoms with van der Waals surface area (Å²) in [5.41, 5.74) is 0.855. The number of hydrogen-bond acceptors (Lipinski definition) is 3.